The Labute approximate surface area is 94.7 Å². The van der Waals surface area contributed by atoms with Crippen molar-refractivity contribution in [2.75, 3.05) is 0 Å². The second-order valence-corrected chi connectivity index (χ2v) is 4.98. The third-order valence-electron chi connectivity index (χ3n) is 2.71. The van der Waals surface area contributed by atoms with Crippen LogP contribution in [0.3, 0.4) is 0 Å². The highest BCUT2D eigenvalue weighted by Crippen LogP contribution is 2.40. The molecule has 0 aromatic carbocycles. The summed E-state index contributed by atoms with van der Waals surface area (Å²) in [4.78, 5) is 22.8. The Bertz CT molecular complexity index is 202. The van der Waals surface area contributed by atoms with Crippen LogP contribution in [0, 0.1) is 5.41 Å². The molecule has 2 nitrogen and oxygen atoms in total. The van der Waals surface area contributed by atoms with E-state index in [0.29, 0.717) is 12.8 Å². The fraction of sp³-hybridized carbons (Fsp3) is 0.778. The molecule has 0 spiro atoms. The van der Waals surface area contributed by atoms with Crippen molar-refractivity contribution in [3.8, 4) is 0 Å². The molecule has 4 heteroatoms. The first-order valence-corrected chi connectivity index (χ1v) is 6.08. The molecule has 1 fully saturated rings. The molecule has 1 aliphatic rings. The van der Waals surface area contributed by atoms with Gasteiger partial charge in [-0.05, 0) is 44.7 Å². The Balaban J connectivity index is 2.86. The first kappa shape index (κ1) is 11.4. The van der Waals surface area contributed by atoms with E-state index in [1.165, 1.54) is 0 Å². The van der Waals surface area contributed by atoms with Crippen molar-refractivity contribution in [3.63, 3.8) is 0 Å². The van der Waals surface area contributed by atoms with Crippen molar-refractivity contribution >= 4 is 41.2 Å². The first-order chi connectivity index (χ1) is 6.09. The summed E-state index contributed by atoms with van der Waals surface area (Å²) in [7, 11) is 0. The monoisotopic (exact) mass is 310 g/mol. The van der Waals surface area contributed by atoms with Gasteiger partial charge in [0.05, 0.1) is 0 Å². The predicted molar refractivity (Wildman–Crippen MR) is 58.0 cm³/mol. The van der Waals surface area contributed by atoms with Crippen LogP contribution in [0.15, 0.2) is 0 Å². The largest absolute Gasteiger partial charge is 0.286 e. The van der Waals surface area contributed by atoms with Gasteiger partial charge in [-0.1, -0.05) is 25.7 Å². The van der Waals surface area contributed by atoms with Crippen molar-refractivity contribution in [2.24, 2.45) is 5.41 Å². The molecular formula is C9H12Br2O2. The zero-order valence-electron chi connectivity index (χ0n) is 7.32. The lowest BCUT2D eigenvalue weighted by Gasteiger charge is -2.23. The molecule has 1 rings (SSSR count). The molecule has 0 aromatic heterocycles. The van der Waals surface area contributed by atoms with Gasteiger partial charge in [-0.15, -0.1) is 0 Å². The number of hydrogen-bond acceptors (Lipinski definition) is 2. The summed E-state index contributed by atoms with van der Waals surface area (Å²) in [6.07, 6.45) is 5.55. The van der Waals surface area contributed by atoms with Gasteiger partial charge in [0.2, 0.25) is 9.39 Å². The van der Waals surface area contributed by atoms with Crippen molar-refractivity contribution in [1.82, 2.24) is 0 Å². The van der Waals surface area contributed by atoms with E-state index in [2.05, 4.69) is 31.9 Å². The average Bonchev–Trinajstić information content (AvgIpc) is 2.28. The SMILES string of the molecule is O=C(Br)C1(C(=O)Br)CCCCCC1. The lowest BCUT2D eigenvalue weighted by atomic mass is 9.83. The second kappa shape index (κ2) is 4.69. The quantitative estimate of drug-likeness (QED) is 0.446. The Morgan fingerprint density at radius 1 is 0.846 bits per heavy atom. The highest BCUT2D eigenvalue weighted by Gasteiger charge is 2.42. The molecule has 0 aromatic rings. The molecule has 0 heterocycles. The maximum absolute atomic E-state index is 11.4. The summed E-state index contributed by atoms with van der Waals surface area (Å²) in [5.41, 5.74) is -0.781. The first-order valence-electron chi connectivity index (χ1n) is 4.49. The van der Waals surface area contributed by atoms with Crippen LogP contribution in [0.2, 0.25) is 0 Å². The molecule has 0 N–H and O–H groups in total. The van der Waals surface area contributed by atoms with Gasteiger partial charge in [0.15, 0.2) is 0 Å². The molecule has 0 radical (unpaired) electrons. The number of halogens is 2. The van der Waals surface area contributed by atoms with Gasteiger partial charge in [0.1, 0.15) is 5.41 Å². The van der Waals surface area contributed by atoms with Crippen LogP contribution in [0.4, 0.5) is 0 Å². The van der Waals surface area contributed by atoms with Crippen LogP contribution in [-0.2, 0) is 9.59 Å². The summed E-state index contributed by atoms with van der Waals surface area (Å²) in [6, 6.07) is 0. The molecule has 74 valence electrons. The molecule has 0 aliphatic heterocycles. The smallest absolute Gasteiger partial charge is 0.212 e. The van der Waals surface area contributed by atoms with Crippen LogP contribution in [-0.4, -0.2) is 9.39 Å². The van der Waals surface area contributed by atoms with Gasteiger partial charge in [-0.3, -0.25) is 9.59 Å². The fourth-order valence-electron chi connectivity index (χ4n) is 1.80. The van der Waals surface area contributed by atoms with Gasteiger partial charge < -0.3 is 0 Å². The molecule has 0 unspecified atom stereocenters. The minimum Gasteiger partial charge on any atom is -0.286 e. The molecular weight excluding hydrogens is 300 g/mol. The predicted octanol–water partition coefficient (Wildman–Crippen LogP) is 3.17. The van der Waals surface area contributed by atoms with Crippen molar-refractivity contribution < 1.29 is 9.59 Å². The van der Waals surface area contributed by atoms with Gasteiger partial charge in [-0.2, -0.15) is 0 Å². The number of rotatable bonds is 2. The molecule has 1 saturated carbocycles. The number of hydrogen-bond donors (Lipinski definition) is 0. The van der Waals surface area contributed by atoms with E-state index < -0.39 is 5.41 Å². The van der Waals surface area contributed by atoms with Gasteiger partial charge in [0.25, 0.3) is 0 Å². The van der Waals surface area contributed by atoms with Crippen LogP contribution in [0.25, 0.3) is 0 Å². The van der Waals surface area contributed by atoms with E-state index in [-0.39, 0.29) is 9.39 Å². The zero-order valence-corrected chi connectivity index (χ0v) is 10.5. The van der Waals surface area contributed by atoms with Gasteiger partial charge >= 0.3 is 0 Å². The molecule has 13 heavy (non-hydrogen) atoms. The van der Waals surface area contributed by atoms with E-state index in [1.54, 1.807) is 0 Å². The van der Waals surface area contributed by atoms with Gasteiger partial charge in [0, 0.05) is 0 Å². The van der Waals surface area contributed by atoms with Crippen molar-refractivity contribution in [3.05, 3.63) is 0 Å². The third-order valence-corrected chi connectivity index (χ3v) is 4.23. The summed E-state index contributed by atoms with van der Waals surface area (Å²) in [5, 5.41) is 0. The maximum Gasteiger partial charge on any atom is 0.212 e. The number of carbonyl (C=O) groups is 2. The lowest BCUT2D eigenvalue weighted by molar-refractivity contribution is -0.130. The summed E-state index contributed by atoms with van der Waals surface area (Å²) < 4.78 is -0.326. The van der Waals surface area contributed by atoms with Crippen LogP contribution < -0.4 is 0 Å². The highest BCUT2D eigenvalue weighted by atomic mass is 79.9. The third kappa shape index (κ3) is 2.40. The number of carbonyl (C=O) groups excluding carboxylic acids is 2. The summed E-state index contributed by atoms with van der Waals surface area (Å²) >= 11 is 5.88. The van der Waals surface area contributed by atoms with Crippen LogP contribution in [0.5, 0.6) is 0 Å². The topological polar surface area (TPSA) is 34.1 Å². The Hall–Kier alpha value is 0.300. The highest BCUT2D eigenvalue weighted by molar-refractivity contribution is 9.19. The summed E-state index contributed by atoms with van der Waals surface area (Å²) in [5.74, 6) is 0. The maximum atomic E-state index is 11.4. The van der Waals surface area contributed by atoms with E-state index in [1.807, 2.05) is 0 Å². The fourth-order valence-corrected chi connectivity index (χ4v) is 3.22. The van der Waals surface area contributed by atoms with E-state index >= 15 is 0 Å². The zero-order chi connectivity index (χ0) is 9.90. The van der Waals surface area contributed by atoms with E-state index in [9.17, 15) is 9.59 Å². The van der Waals surface area contributed by atoms with Crippen molar-refractivity contribution in [2.45, 2.75) is 38.5 Å². The Morgan fingerprint density at radius 3 is 1.54 bits per heavy atom. The second-order valence-electron chi connectivity index (χ2n) is 3.54. The molecule has 0 bridgehead atoms. The molecule has 0 amide bonds. The Kier molecular flexibility index (Phi) is 4.10. The van der Waals surface area contributed by atoms with Gasteiger partial charge in [-0.25, -0.2) is 0 Å². The molecule has 0 atom stereocenters. The van der Waals surface area contributed by atoms with E-state index in [0.717, 1.165) is 25.7 Å². The minimum absolute atomic E-state index is 0.163. The molecule has 0 saturated heterocycles. The molecule has 1 aliphatic carbocycles. The summed E-state index contributed by atoms with van der Waals surface area (Å²) in [6.45, 7) is 0. The van der Waals surface area contributed by atoms with Crippen LogP contribution >= 0.6 is 31.9 Å². The van der Waals surface area contributed by atoms with E-state index in [4.69, 9.17) is 0 Å². The lowest BCUT2D eigenvalue weighted by Crippen LogP contribution is -2.32. The minimum atomic E-state index is -0.781. The normalized spacial score (nSPS) is 22.0. The van der Waals surface area contributed by atoms with Crippen LogP contribution in [0.1, 0.15) is 38.5 Å². The van der Waals surface area contributed by atoms with Crippen molar-refractivity contribution in [1.29, 1.82) is 0 Å². The standard InChI is InChI=1S/C9H12Br2O2/c10-7(12)9(8(11)13)5-3-1-2-4-6-9/h1-6H2. The Morgan fingerprint density at radius 2 is 1.23 bits per heavy atom. The average molecular weight is 312 g/mol.